The fraction of sp³-hybridized carbons (Fsp3) is 0.688. The maximum atomic E-state index is 14.5. The first-order valence-electron chi connectivity index (χ1n) is 8.96. The van der Waals surface area contributed by atoms with Crippen LogP contribution in [0, 0.1) is 0 Å². The molecule has 0 amide bonds. The Morgan fingerprint density at radius 1 is 1.25 bits per heavy atom. The molecule has 2 unspecified atom stereocenters. The second-order valence-electron chi connectivity index (χ2n) is 7.03. The minimum atomic E-state index is -4.81. The van der Waals surface area contributed by atoms with Crippen molar-refractivity contribution >= 4 is 17.0 Å². The van der Waals surface area contributed by atoms with Gasteiger partial charge in [0.05, 0.1) is 12.9 Å². The lowest BCUT2D eigenvalue weighted by Crippen LogP contribution is -2.30. The minimum absolute atomic E-state index is 0.0263. The van der Waals surface area contributed by atoms with Crippen molar-refractivity contribution in [3.63, 3.8) is 0 Å². The molecule has 28 heavy (non-hydrogen) atoms. The number of halogens is 4. The van der Waals surface area contributed by atoms with Crippen LogP contribution in [0.25, 0.3) is 11.2 Å². The monoisotopic (exact) mass is 405 g/mol. The molecule has 1 aliphatic heterocycles. The highest BCUT2D eigenvalue weighted by molar-refractivity contribution is 5.83. The second kappa shape index (κ2) is 7.08. The van der Waals surface area contributed by atoms with E-state index in [1.165, 1.54) is 0 Å². The third kappa shape index (κ3) is 3.29. The Morgan fingerprint density at radius 2 is 1.96 bits per heavy atom. The van der Waals surface area contributed by atoms with Crippen LogP contribution in [0.4, 0.5) is 23.4 Å². The van der Waals surface area contributed by atoms with Crippen LogP contribution in [0.2, 0.25) is 0 Å². The largest absolute Gasteiger partial charge is 0.451 e. The van der Waals surface area contributed by atoms with Gasteiger partial charge >= 0.3 is 6.18 Å². The number of nitrogens with zero attached hydrogens (tertiary/aromatic N) is 4. The van der Waals surface area contributed by atoms with Crippen molar-refractivity contribution in [1.82, 2.24) is 19.5 Å². The van der Waals surface area contributed by atoms with E-state index in [1.54, 1.807) is 0 Å². The Labute approximate surface area is 156 Å². The summed E-state index contributed by atoms with van der Waals surface area (Å²) in [7, 11) is 0. The molecule has 0 bridgehead atoms. The van der Waals surface area contributed by atoms with E-state index in [0.29, 0.717) is 0 Å². The summed E-state index contributed by atoms with van der Waals surface area (Å²) in [6.07, 6.45) is -6.43. The van der Waals surface area contributed by atoms with Crippen molar-refractivity contribution in [3.05, 3.63) is 12.2 Å². The zero-order valence-electron chi connectivity index (χ0n) is 14.6. The van der Waals surface area contributed by atoms with Gasteiger partial charge in [-0.15, -0.1) is 0 Å². The predicted molar refractivity (Wildman–Crippen MR) is 88.1 cm³/mol. The highest BCUT2D eigenvalue weighted by Crippen LogP contribution is 2.36. The van der Waals surface area contributed by atoms with Gasteiger partial charge in [0.2, 0.25) is 5.82 Å². The van der Waals surface area contributed by atoms with Crippen LogP contribution in [0.15, 0.2) is 6.33 Å². The number of ether oxygens (including phenoxy) is 1. The van der Waals surface area contributed by atoms with Gasteiger partial charge in [0.25, 0.3) is 0 Å². The van der Waals surface area contributed by atoms with Crippen LogP contribution < -0.4 is 5.32 Å². The van der Waals surface area contributed by atoms with Crippen molar-refractivity contribution in [3.8, 4) is 0 Å². The quantitative estimate of drug-likeness (QED) is 0.666. The van der Waals surface area contributed by atoms with E-state index in [9.17, 15) is 27.8 Å². The van der Waals surface area contributed by atoms with E-state index in [1.807, 2.05) is 0 Å². The van der Waals surface area contributed by atoms with Crippen molar-refractivity contribution < 1.29 is 32.5 Å². The van der Waals surface area contributed by atoms with E-state index in [4.69, 9.17) is 4.74 Å². The molecular weight excluding hydrogens is 386 g/mol. The predicted octanol–water partition coefficient (Wildman–Crippen LogP) is 1.79. The Morgan fingerprint density at radius 3 is 2.57 bits per heavy atom. The smallest absolute Gasteiger partial charge is 0.394 e. The average molecular weight is 405 g/mol. The van der Waals surface area contributed by atoms with Gasteiger partial charge in [-0.1, -0.05) is 12.8 Å². The fourth-order valence-electron chi connectivity index (χ4n) is 3.67. The number of fused-ring (bicyclic) bond motifs is 1. The first kappa shape index (κ1) is 19.3. The molecule has 0 spiro atoms. The van der Waals surface area contributed by atoms with Gasteiger partial charge < -0.3 is 20.3 Å². The number of aliphatic hydroxyl groups is 2. The topological polar surface area (TPSA) is 105 Å². The lowest BCUT2D eigenvalue weighted by Gasteiger charge is -2.17. The average Bonchev–Trinajstić information content (AvgIpc) is 3.35. The lowest BCUT2D eigenvalue weighted by molar-refractivity contribution is -0.144. The van der Waals surface area contributed by atoms with Gasteiger partial charge in [-0.2, -0.15) is 13.2 Å². The third-order valence-corrected chi connectivity index (χ3v) is 5.12. The molecule has 2 fully saturated rings. The Balaban J connectivity index is 1.78. The molecule has 0 radical (unpaired) electrons. The van der Waals surface area contributed by atoms with Gasteiger partial charge in [0, 0.05) is 6.04 Å². The van der Waals surface area contributed by atoms with Crippen LogP contribution >= 0.6 is 0 Å². The van der Waals surface area contributed by atoms with Crippen LogP contribution in [-0.4, -0.2) is 60.8 Å². The highest BCUT2D eigenvalue weighted by Gasteiger charge is 2.46. The maximum absolute atomic E-state index is 14.5. The van der Waals surface area contributed by atoms with Gasteiger partial charge in [0.15, 0.2) is 29.4 Å². The third-order valence-electron chi connectivity index (χ3n) is 5.12. The van der Waals surface area contributed by atoms with Crippen LogP contribution in [0.5, 0.6) is 0 Å². The summed E-state index contributed by atoms with van der Waals surface area (Å²) in [4.78, 5) is 11.2. The standard InChI is InChI=1S/C16H19F4N5O3/c17-9-11(27)8(5-26)28-14(9)25-6-21-10-12(22-7-3-1-2-4-7)23-15(16(18,19)20)24-13(10)25/h6-9,11,14,26-27H,1-5H2,(H,22,23,24)/t8-,9?,11?,14-/m1/s1. The van der Waals surface area contributed by atoms with E-state index in [-0.39, 0.29) is 23.0 Å². The summed E-state index contributed by atoms with van der Waals surface area (Å²) in [6.45, 7) is -0.637. The minimum Gasteiger partial charge on any atom is -0.394 e. The molecule has 2 aromatic heterocycles. The number of imidazole rings is 1. The van der Waals surface area contributed by atoms with Gasteiger partial charge in [-0.3, -0.25) is 4.57 Å². The molecule has 1 saturated carbocycles. The summed E-state index contributed by atoms with van der Waals surface area (Å²) in [5.74, 6) is -1.45. The molecule has 0 aromatic carbocycles. The fourth-order valence-corrected chi connectivity index (χ4v) is 3.67. The molecule has 2 aromatic rings. The van der Waals surface area contributed by atoms with Gasteiger partial charge in [0.1, 0.15) is 12.2 Å². The Hall–Kier alpha value is -2.05. The maximum Gasteiger partial charge on any atom is 0.451 e. The van der Waals surface area contributed by atoms with E-state index in [2.05, 4.69) is 20.3 Å². The van der Waals surface area contributed by atoms with Gasteiger partial charge in [-0.25, -0.2) is 19.3 Å². The number of rotatable bonds is 4. The molecule has 3 heterocycles. The summed E-state index contributed by atoms with van der Waals surface area (Å²) >= 11 is 0. The number of aliphatic hydroxyl groups excluding tert-OH is 2. The number of anilines is 1. The number of aromatic nitrogens is 4. The van der Waals surface area contributed by atoms with E-state index >= 15 is 0 Å². The summed E-state index contributed by atoms with van der Waals surface area (Å²) < 4.78 is 60.7. The van der Waals surface area contributed by atoms with Crippen molar-refractivity contribution in [2.75, 3.05) is 11.9 Å². The number of hydrogen-bond acceptors (Lipinski definition) is 7. The summed E-state index contributed by atoms with van der Waals surface area (Å²) in [5, 5.41) is 22.0. The molecule has 12 heteroatoms. The van der Waals surface area contributed by atoms with Crippen LogP contribution in [-0.2, 0) is 10.9 Å². The van der Waals surface area contributed by atoms with Crippen LogP contribution in [0.1, 0.15) is 37.7 Å². The summed E-state index contributed by atoms with van der Waals surface area (Å²) in [5.41, 5.74) is -0.209. The SMILES string of the molecule is OC[C@H]1O[C@@H](n2cnc3c(NC4CCCC4)nc(C(F)(F)F)nc32)C(F)C1O. The Kier molecular flexibility index (Phi) is 4.88. The lowest BCUT2D eigenvalue weighted by atomic mass is 10.1. The molecule has 1 aliphatic carbocycles. The highest BCUT2D eigenvalue weighted by atomic mass is 19.4. The van der Waals surface area contributed by atoms with Crippen molar-refractivity contribution in [2.24, 2.45) is 0 Å². The number of hydrogen-bond donors (Lipinski definition) is 3. The number of nitrogens with one attached hydrogen (secondary N) is 1. The normalized spacial score (nSPS) is 29.1. The van der Waals surface area contributed by atoms with Crippen molar-refractivity contribution in [2.45, 2.75) is 62.5 Å². The zero-order chi connectivity index (χ0) is 20.1. The first-order valence-corrected chi connectivity index (χ1v) is 8.96. The Bertz CT molecular complexity index is 855. The molecule has 154 valence electrons. The molecule has 2 aliphatic rings. The molecule has 4 atom stereocenters. The number of alkyl halides is 4. The molecule has 3 N–H and O–H groups in total. The van der Waals surface area contributed by atoms with Gasteiger partial charge in [-0.05, 0) is 12.8 Å². The van der Waals surface area contributed by atoms with Crippen LogP contribution in [0.3, 0.4) is 0 Å². The van der Waals surface area contributed by atoms with E-state index < -0.39 is 43.2 Å². The molecule has 1 saturated heterocycles. The molecule has 4 rings (SSSR count). The van der Waals surface area contributed by atoms with Crippen molar-refractivity contribution in [1.29, 1.82) is 0 Å². The first-order chi connectivity index (χ1) is 13.3. The second-order valence-corrected chi connectivity index (χ2v) is 7.03. The van der Waals surface area contributed by atoms with E-state index in [0.717, 1.165) is 36.6 Å². The molecule has 8 nitrogen and oxygen atoms in total. The zero-order valence-corrected chi connectivity index (χ0v) is 14.6. The molecular formula is C16H19F4N5O3. The summed E-state index contributed by atoms with van der Waals surface area (Å²) in [6, 6.07) is -0.0263.